The molecule has 0 saturated carbocycles. The van der Waals surface area contributed by atoms with Gasteiger partial charge in [-0.05, 0) is 78.7 Å². The van der Waals surface area contributed by atoms with Crippen LogP contribution in [0, 0.1) is 5.41 Å². The van der Waals surface area contributed by atoms with Gasteiger partial charge >= 0.3 is 0 Å². The van der Waals surface area contributed by atoms with Crippen molar-refractivity contribution in [1.82, 2.24) is 15.1 Å². The number of likely N-dealkylation sites (tertiary alicyclic amines) is 2. The molecule has 2 heterocycles. The minimum atomic E-state index is 0.195. The lowest BCUT2D eigenvalue weighted by atomic mass is 9.77. The Morgan fingerprint density at radius 2 is 1.64 bits per heavy atom. The summed E-state index contributed by atoms with van der Waals surface area (Å²) in [6, 6.07) is 13.8. The molecule has 0 unspecified atom stereocenters. The van der Waals surface area contributed by atoms with E-state index in [1.807, 2.05) is 41.3 Å². The maximum atomic E-state index is 12.9. The van der Waals surface area contributed by atoms with E-state index >= 15 is 0 Å². The quantitative estimate of drug-likeness (QED) is 0.543. The molecular formula is C28H37N3O4S. The van der Waals surface area contributed by atoms with Gasteiger partial charge in [0.1, 0.15) is 5.75 Å². The van der Waals surface area contributed by atoms with Gasteiger partial charge in [0, 0.05) is 32.7 Å². The summed E-state index contributed by atoms with van der Waals surface area (Å²) in [7, 11) is 4.94. The molecule has 194 valence electrons. The number of nitrogens with one attached hydrogen (secondary N) is 1. The lowest BCUT2D eigenvalue weighted by molar-refractivity contribution is -0.132. The molecule has 0 radical (unpaired) electrons. The topological polar surface area (TPSA) is 63.3 Å². The fourth-order valence-electron chi connectivity index (χ4n) is 5.28. The second kappa shape index (κ2) is 11.8. The van der Waals surface area contributed by atoms with Gasteiger partial charge in [0.15, 0.2) is 16.6 Å². The van der Waals surface area contributed by atoms with Crippen LogP contribution in [0.15, 0.2) is 42.5 Å². The van der Waals surface area contributed by atoms with Crippen molar-refractivity contribution >= 4 is 23.2 Å². The highest BCUT2D eigenvalue weighted by Crippen LogP contribution is 2.40. The van der Waals surface area contributed by atoms with Gasteiger partial charge in [-0.3, -0.25) is 4.79 Å². The standard InChI is InChI=1S/C28H37N3O4S/c1-33-23-6-4-5-22(17-23)19-26(32)30-14-10-28(11-15-30)12-16-31(20-28)27(36)29-13-9-21-7-8-24(34-2)25(18-21)35-3/h4-8,17-18H,9-16,19-20H2,1-3H3,(H,29,36). The van der Waals surface area contributed by atoms with E-state index in [1.165, 1.54) is 5.56 Å². The van der Waals surface area contributed by atoms with Gasteiger partial charge in [-0.15, -0.1) is 0 Å². The van der Waals surface area contributed by atoms with Crippen LogP contribution in [0.2, 0.25) is 0 Å². The van der Waals surface area contributed by atoms with Crippen molar-refractivity contribution < 1.29 is 19.0 Å². The van der Waals surface area contributed by atoms with Gasteiger partial charge in [0.05, 0.1) is 27.8 Å². The highest BCUT2D eigenvalue weighted by molar-refractivity contribution is 7.80. The number of amides is 1. The number of nitrogens with zero attached hydrogens (tertiary/aromatic N) is 2. The van der Waals surface area contributed by atoms with Crippen molar-refractivity contribution in [3.8, 4) is 17.2 Å². The van der Waals surface area contributed by atoms with Crippen LogP contribution in [0.5, 0.6) is 17.2 Å². The average Bonchev–Trinajstić information content (AvgIpc) is 3.32. The van der Waals surface area contributed by atoms with Crippen LogP contribution in [0.3, 0.4) is 0 Å². The van der Waals surface area contributed by atoms with Crippen molar-refractivity contribution in [1.29, 1.82) is 0 Å². The number of benzene rings is 2. The Morgan fingerprint density at radius 3 is 2.33 bits per heavy atom. The molecule has 0 aliphatic carbocycles. The molecule has 7 nitrogen and oxygen atoms in total. The van der Waals surface area contributed by atoms with E-state index in [0.29, 0.717) is 6.42 Å². The first-order valence-electron chi connectivity index (χ1n) is 12.6. The lowest BCUT2D eigenvalue weighted by Crippen LogP contribution is -2.46. The van der Waals surface area contributed by atoms with Crippen molar-refractivity contribution in [3.63, 3.8) is 0 Å². The number of thiocarbonyl (C=S) groups is 1. The molecule has 36 heavy (non-hydrogen) atoms. The maximum absolute atomic E-state index is 12.9. The van der Waals surface area contributed by atoms with Gasteiger partial charge in [0.25, 0.3) is 0 Å². The monoisotopic (exact) mass is 511 g/mol. The molecule has 2 aromatic rings. The Morgan fingerprint density at radius 1 is 0.917 bits per heavy atom. The Kier molecular flexibility index (Phi) is 8.56. The van der Waals surface area contributed by atoms with Crippen LogP contribution >= 0.6 is 12.2 Å². The van der Waals surface area contributed by atoms with Crippen molar-refractivity contribution in [2.75, 3.05) is 54.1 Å². The normalized spacial score (nSPS) is 16.6. The first-order valence-corrected chi connectivity index (χ1v) is 13.0. The van der Waals surface area contributed by atoms with Crippen molar-refractivity contribution in [3.05, 3.63) is 53.6 Å². The zero-order valence-corrected chi connectivity index (χ0v) is 22.4. The number of ether oxygens (including phenoxy) is 3. The highest BCUT2D eigenvalue weighted by atomic mass is 32.1. The van der Waals surface area contributed by atoms with Gasteiger partial charge < -0.3 is 29.3 Å². The van der Waals surface area contributed by atoms with Gasteiger partial charge in [0.2, 0.25) is 5.91 Å². The summed E-state index contributed by atoms with van der Waals surface area (Å²) in [5.74, 6) is 2.46. The molecule has 2 aromatic carbocycles. The summed E-state index contributed by atoms with van der Waals surface area (Å²) in [6.45, 7) is 4.34. The van der Waals surface area contributed by atoms with Gasteiger partial charge in [-0.2, -0.15) is 0 Å². The van der Waals surface area contributed by atoms with Crippen LogP contribution in [0.25, 0.3) is 0 Å². The van der Waals surface area contributed by atoms with Crippen molar-refractivity contribution in [2.45, 2.75) is 32.1 Å². The van der Waals surface area contributed by atoms with E-state index in [-0.39, 0.29) is 11.3 Å². The van der Waals surface area contributed by atoms with E-state index < -0.39 is 0 Å². The average molecular weight is 512 g/mol. The van der Waals surface area contributed by atoms with Crippen LogP contribution in [-0.2, 0) is 17.6 Å². The summed E-state index contributed by atoms with van der Waals surface area (Å²) in [6.07, 6.45) is 4.46. The van der Waals surface area contributed by atoms with E-state index in [4.69, 9.17) is 26.4 Å². The van der Waals surface area contributed by atoms with Crippen molar-refractivity contribution in [2.24, 2.45) is 5.41 Å². The smallest absolute Gasteiger partial charge is 0.226 e. The van der Waals surface area contributed by atoms with Crippen LogP contribution < -0.4 is 19.5 Å². The number of hydrogen-bond donors (Lipinski definition) is 1. The molecule has 8 heteroatoms. The zero-order valence-electron chi connectivity index (χ0n) is 21.5. The first-order chi connectivity index (χ1) is 17.4. The second-order valence-electron chi connectivity index (χ2n) is 9.75. The molecular weight excluding hydrogens is 474 g/mol. The fraction of sp³-hybridized carbons (Fsp3) is 0.500. The molecule has 1 spiro atoms. The first kappa shape index (κ1) is 26.1. The highest BCUT2D eigenvalue weighted by Gasteiger charge is 2.41. The molecule has 2 fully saturated rings. The van der Waals surface area contributed by atoms with E-state index in [2.05, 4.69) is 16.3 Å². The van der Waals surface area contributed by atoms with Crippen LogP contribution in [-0.4, -0.2) is 74.9 Å². The molecule has 1 N–H and O–H groups in total. The number of hydrogen-bond acceptors (Lipinski definition) is 5. The second-order valence-corrected chi connectivity index (χ2v) is 10.1. The Labute approximate surface area is 219 Å². The molecule has 4 rings (SSSR count). The summed E-state index contributed by atoms with van der Waals surface area (Å²) in [4.78, 5) is 17.2. The lowest BCUT2D eigenvalue weighted by Gasteiger charge is -2.39. The Hall–Kier alpha value is -3.00. The molecule has 0 aromatic heterocycles. The van der Waals surface area contributed by atoms with E-state index in [9.17, 15) is 4.79 Å². The predicted octanol–water partition coefficient (Wildman–Crippen LogP) is 3.69. The van der Waals surface area contributed by atoms with Crippen LogP contribution in [0.4, 0.5) is 0 Å². The fourth-order valence-corrected chi connectivity index (χ4v) is 5.54. The number of piperidine rings is 1. The maximum Gasteiger partial charge on any atom is 0.226 e. The molecule has 0 bridgehead atoms. The third-order valence-corrected chi connectivity index (χ3v) is 7.93. The number of rotatable bonds is 8. The largest absolute Gasteiger partial charge is 0.497 e. The third kappa shape index (κ3) is 6.22. The predicted molar refractivity (Wildman–Crippen MR) is 145 cm³/mol. The minimum Gasteiger partial charge on any atom is -0.497 e. The zero-order chi connectivity index (χ0) is 25.5. The van der Waals surface area contributed by atoms with E-state index in [0.717, 1.165) is 86.3 Å². The summed E-state index contributed by atoms with van der Waals surface area (Å²) < 4.78 is 16.0. The molecule has 1 amide bonds. The van der Waals surface area contributed by atoms with Gasteiger partial charge in [-0.1, -0.05) is 18.2 Å². The molecule has 2 aliphatic rings. The number of carbonyl (C=O) groups excluding carboxylic acids is 1. The number of carbonyl (C=O) groups is 1. The van der Waals surface area contributed by atoms with Gasteiger partial charge in [-0.25, -0.2) is 0 Å². The summed E-state index contributed by atoms with van der Waals surface area (Å²) >= 11 is 5.72. The summed E-state index contributed by atoms with van der Waals surface area (Å²) in [5, 5.41) is 4.26. The minimum absolute atomic E-state index is 0.195. The third-order valence-electron chi connectivity index (χ3n) is 7.53. The summed E-state index contributed by atoms with van der Waals surface area (Å²) in [5.41, 5.74) is 2.42. The number of methoxy groups -OCH3 is 3. The SMILES string of the molecule is COc1cccc(CC(=O)N2CCC3(CC2)CCN(C(=S)NCCc2ccc(OC)c(OC)c2)C3)c1. The molecule has 2 aliphatic heterocycles. The molecule has 0 atom stereocenters. The molecule has 2 saturated heterocycles. The van der Waals surface area contributed by atoms with Crippen LogP contribution in [0.1, 0.15) is 30.4 Å². The Balaban J connectivity index is 1.21. The van der Waals surface area contributed by atoms with E-state index in [1.54, 1.807) is 21.3 Å². The Bertz CT molecular complexity index is 1070.